The Labute approximate surface area is 125 Å². The van der Waals surface area contributed by atoms with E-state index < -0.39 is 0 Å². The van der Waals surface area contributed by atoms with Crippen molar-refractivity contribution in [2.24, 2.45) is 0 Å². The number of benzene rings is 2. The van der Waals surface area contributed by atoms with Crippen LogP contribution in [0, 0.1) is 0 Å². The molecule has 0 bridgehead atoms. The molecule has 2 aliphatic heterocycles. The summed E-state index contributed by atoms with van der Waals surface area (Å²) in [5.41, 5.74) is 3.77. The summed E-state index contributed by atoms with van der Waals surface area (Å²) >= 11 is 0. The number of ether oxygens (including phenoxy) is 1. The van der Waals surface area contributed by atoms with E-state index in [2.05, 4.69) is 58.7 Å². The summed E-state index contributed by atoms with van der Waals surface area (Å²) in [5, 5.41) is 3.49. The summed E-state index contributed by atoms with van der Waals surface area (Å²) < 4.78 is 5.96. The van der Waals surface area contributed by atoms with Gasteiger partial charge < -0.3 is 15.0 Å². The Morgan fingerprint density at radius 1 is 1.05 bits per heavy atom. The van der Waals surface area contributed by atoms with Gasteiger partial charge in [-0.05, 0) is 23.3 Å². The summed E-state index contributed by atoms with van der Waals surface area (Å²) in [5.74, 6) is 1.03. The van der Waals surface area contributed by atoms with Gasteiger partial charge in [0, 0.05) is 32.1 Å². The quantitative estimate of drug-likeness (QED) is 0.869. The maximum absolute atomic E-state index is 5.96. The van der Waals surface area contributed by atoms with Crippen LogP contribution >= 0.6 is 0 Å². The molecule has 3 nitrogen and oxygen atoms in total. The van der Waals surface area contributed by atoms with E-state index in [1.165, 1.54) is 16.8 Å². The van der Waals surface area contributed by atoms with E-state index in [-0.39, 0.29) is 0 Å². The van der Waals surface area contributed by atoms with Crippen molar-refractivity contribution < 1.29 is 4.74 Å². The van der Waals surface area contributed by atoms with Gasteiger partial charge in [-0.15, -0.1) is 0 Å². The molecule has 1 atom stereocenters. The highest BCUT2D eigenvalue weighted by Crippen LogP contribution is 2.37. The molecule has 0 aromatic heterocycles. The van der Waals surface area contributed by atoms with E-state index in [9.17, 15) is 0 Å². The smallest absolute Gasteiger partial charge is 0.142 e. The van der Waals surface area contributed by atoms with Crippen LogP contribution < -0.4 is 15.0 Å². The molecule has 0 unspecified atom stereocenters. The van der Waals surface area contributed by atoms with Crippen LogP contribution in [0.4, 0.5) is 5.69 Å². The third kappa shape index (κ3) is 2.38. The van der Waals surface area contributed by atoms with Crippen molar-refractivity contribution in [1.82, 2.24) is 5.32 Å². The second-order valence-corrected chi connectivity index (χ2v) is 5.74. The number of nitrogens with one attached hydrogen (secondary N) is 1. The molecule has 2 aromatic rings. The Hall–Kier alpha value is -2.00. The highest BCUT2D eigenvalue weighted by Gasteiger charge is 2.27. The number of piperazine rings is 1. The predicted octanol–water partition coefficient (Wildman–Crippen LogP) is 2.91. The summed E-state index contributed by atoms with van der Waals surface area (Å²) in [6.45, 7) is 3.96. The first kappa shape index (κ1) is 12.7. The standard InChI is InChI=1S/C18H20N2O/c1-2-4-14(5-3-1)15-6-7-18-17(12-15)20-10-9-19-13-16(20)8-11-21-18/h1-7,12,16,19H,8-11,13H2/t16-/m0/s1. The van der Waals surface area contributed by atoms with Gasteiger partial charge >= 0.3 is 0 Å². The van der Waals surface area contributed by atoms with Crippen LogP contribution in [0.2, 0.25) is 0 Å². The highest BCUT2D eigenvalue weighted by molar-refractivity contribution is 5.73. The molecule has 21 heavy (non-hydrogen) atoms. The van der Waals surface area contributed by atoms with E-state index >= 15 is 0 Å². The van der Waals surface area contributed by atoms with Gasteiger partial charge in [0.15, 0.2) is 0 Å². The third-order valence-electron chi connectivity index (χ3n) is 4.43. The molecular weight excluding hydrogens is 260 g/mol. The number of anilines is 1. The third-order valence-corrected chi connectivity index (χ3v) is 4.43. The van der Waals surface area contributed by atoms with Gasteiger partial charge in [0.05, 0.1) is 12.3 Å². The number of hydrogen-bond acceptors (Lipinski definition) is 3. The van der Waals surface area contributed by atoms with Crippen LogP contribution in [-0.4, -0.2) is 32.3 Å². The van der Waals surface area contributed by atoms with Crippen LogP contribution in [0.25, 0.3) is 11.1 Å². The molecule has 2 aliphatic rings. The van der Waals surface area contributed by atoms with E-state index in [4.69, 9.17) is 4.74 Å². The molecule has 1 fully saturated rings. The van der Waals surface area contributed by atoms with Gasteiger partial charge in [0.2, 0.25) is 0 Å². The monoisotopic (exact) mass is 280 g/mol. The lowest BCUT2D eigenvalue weighted by molar-refractivity contribution is 0.304. The Balaban J connectivity index is 1.77. The van der Waals surface area contributed by atoms with Crippen molar-refractivity contribution in [2.45, 2.75) is 12.5 Å². The van der Waals surface area contributed by atoms with Crippen LogP contribution in [0.15, 0.2) is 48.5 Å². The zero-order valence-electron chi connectivity index (χ0n) is 12.1. The van der Waals surface area contributed by atoms with Crippen molar-refractivity contribution in [3.8, 4) is 16.9 Å². The summed E-state index contributed by atoms with van der Waals surface area (Å²) in [6, 6.07) is 17.7. The zero-order chi connectivity index (χ0) is 14.1. The molecule has 1 N–H and O–H groups in total. The van der Waals surface area contributed by atoms with Crippen LogP contribution in [-0.2, 0) is 0 Å². The van der Waals surface area contributed by atoms with Gasteiger partial charge in [-0.2, -0.15) is 0 Å². The van der Waals surface area contributed by atoms with E-state index in [1.807, 2.05) is 0 Å². The molecule has 1 saturated heterocycles. The minimum Gasteiger partial charge on any atom is -0.491 e. The topological polar surface area (TPSA) is 24.5 Å². The van der Waals surface area contributed by atoms with Crippen molar-refractivity contribution in [3.05, 3.63) is 48.5 Å². The summed E-state index contributed by atoms with van der Waals surface area (Å²) in [4.78, 5) is 2.52. The molecular formula is C18H20N2O. The normalized spacial score (nSPS) is 21.0. The fourth-order valence-electron chi connectivity index (χ4n) is 3.31. The number of hydrogen-bond donors (Lipinski definition) is 1. The average Bonchev–Trinajstić information content (AvgIpc) is 2.74. The molecule has 4 rings (SSSR count). The number of rotatable bonds is 1. The molecule has 0 spiro atoms. The van der Waals surface area contributed by atoms with E-state index in [0.29, 0.717) is 6.04 Å². The van der Waals surface area contributed by atoms with Crippen LogP contribution in [0.1, 0.15) is 6.42 Å². The molecule has 2 aromatic carbocycles. The Kier molecular flexibility index (Phi) is 3.28. The molecule has 108 valence electrons. The average molecular weight is 280 g/mol. The summed E-state index contributed by atoms with van der Waals surface area (Å²) in [6.07, 6.45) is 1.09. The Morgan fingerprint density at radius 3 is 2.86 bits per heavy atom. The number of nitrogens with zero attached hydrogens (tertiary/aromatic N) is 1. The minimum atomic E-state index is 0.547. The fourth-order valence-corrected chi connectivity index (χ4v) is 3.31. The van der Waals surface area contributed by atoms with Crippen LogP contribution in [0.3, 0.4) is 0 Å². The fraction of sp³-hybridized carbons (Fsp3) is 0.333. The Bertz CT molecular complexity index is 626. The van der Waals surface area contributed by atoms with Crippen molar-refractivity contribution in [1.29, 1.82) is 0 Å². The van der Waals surface area contributed by atoms with Gasteiger partial charge in [0.25, 0.3) is 0 Å². The maximum Gasteiger partial charge on any atom is 0.142 e. The minimum absolute atomic E-state index is 0.547. The molecule has 3 heteroatoms. The lowest BCUT2D eigenvalue weighted by Crippen LogP contribution is -2.51. The highest BCUT2D eigenvalue weighted by atomic mass is 16.5. The maximum atomic E-state index is 5.96. The molecule has 0 saturated carbocycles. The summed E-state index contributed by atoms with van der Waals surface area (Å²) in [7, 11) is 0. The van der Waals surface area contributed by atoms with Gasteiger partial charge in [-0.3, -0.25) is 0 Å². The molecule has 2 heterocycles. The van der Waals surface area contributed by atoms with Crippen LogP contribution in [0.5, 0.6) is 5.75 Å². The van der Waals surface area contributed by atoms with Crippen molar-refractivity contribution >= 4 is 5.69 Å². The molecule has 0 amide bonds. The first-order valence-corrected chi connectivity index (χ1v) is 7.71. The Morgan fingerprint density at radius 2 is 1.95 bits per heavy atom. The second kappa shape index (κ2) is 5.41. The van der Waals surface area contributed by atoms with E-state index in [1.54, 1.807) is 0 Å². The molecule has 0 aliphatic carbocycles. The van der Waals surface area contributed by atoms with Crippen molar-refractivity contribution in [2.75, 3.05) is 31.1 Å². The predicted molar refractivity (Wildman–Crippen MR) is 86.0 cm³/mol. The molecule has 0 radical (unpaired) electrons. The first-order valence-electron chi connectivity index (χ1n) is 7.71. The SMILES string of the molecule is c1ccc(-c2ccc3c(c2)N2CCNC[C@@H]2CCO3)cc1. The van der Waals surface area contributed by atoms with Gasteiger partial charge in [-0.1, -0.05) is 36.4 Å². The lowest BCUT2D eigenvalue weighted by Gasteiger charge is -2.36. The first-order chi connectivity index (χ1) is 10.4. The van der Waals surface area contributed by atoms with Crippen molar-refractivity contribution in [3.63, 3.8) is 0 Å². The van der Waals surface area contributed by atoms with Gasteiger partial charge in [0.1, 0.15) is 5.75 Å². The van der Waals surface area contributed by atoms with Gasteiger partial charge in [-0.25, -0.2) is 0 Å². The second-order valence-electron chi connectivity index (χ2n) is 5.74. The zero-order valence-corrected chi connectivity index (χ0v) is 12.1. The largest absolute Gasteiger partial charge is 0.491 e. The lowest BCUT2D eigenvalue weighted by atomic mass is 10.0. The van der Waals surface area contributed by atoms with E-state index in [0.717, 1.165) is 38.4 Å². The number of fused-ring (bicyclic) bond motifs is 3.